The highest BCUT2D eigenvalue weighted by atomic mass is 32.2. The van der Waals surface area contributed by atoms with Crippen LogP contribution in [-0.2, 0) is 21.2 Å². The highest BCUT2D eigenvalue weighted by molar-refractivity contribution is 7.90. The average molecular weight is 584 g/mol. The third-order valence-electron chi connectivity index (χ3n) is 7.98. The smallest absolute Gasteiger partial charge is 0.343 e. The predicted molar refractivity (Wildman–Crippen MR) is 153 cm³/mol. The van der Waals surface area contributed by atoms with E-state index in [-0.39, 0.29) is 40.7 Å². The van der Waals surface area contributed by atoms with Crippen molar-refractivity contribution in [3.05, 3.63) is 57.3 Å². The fraction of sp³-hybridized carbons (Fsp3) is 0.483. The van der Waals surface area contributed by atoms with E-state index in [4.69, 9.17) is 9.47 Å². The van der Waals surface area contributed by atoms with Gasteiger partial charge < -0.3 is 14.0 Å². The minimum atomic E-state index is -3.15. The van der Waals surface area contributed by atoms with E-state index in [1.165, 1.54) is 17.4 Å². The van der Waals surface area contributed by atoms with Crippen LogP contribution in [0.15, 0.2) is 40.8 Å². The van der Waals surface area contributed by atoms with Crippen molar-refractivity contribution in [3.8, 4) is 27.6 Å². The van der Waals surface area contributed by atoms with Crippen LogP contribution in [0.25, 0.3) is 21.8 Å². The highest BCUT2D eigenvalue weighted by Crippen LogP contribution is 2.44. The van der Waals surface area contributed by atoms with Crippen molar-refractivity contribution in [2.45, 2.75) is 51.3 Å². The second kappa shape index (κ2) is 10.4. The van der Waals surface area contributed by atoms with Gasteiger partial charge in [-0.3, -0.25) is 4.79 Å². The number of rotatable bonds is 9. The lowest BCUT2D eigenvalue weighted by Gasteiger charge is -2.38. The maximum atomic E-state index is 13.0. The minimum absolute atomic E-state index is 0.0302. The number of carbonyl (C=O) groups is 1. The number of pyridine rings is 1. The van der Waals surface area contributed by atoms with E-state index in [2.05, 4.69) is 18.8 Å². The summed E-state index contributed by atoms with van der Waals surface area (Å²) in [6.45, 7) is 7.57. The van der Waals surface area contributed by atoms with E-state index in [0.717, 1.165) is 40.2 Å². The lowest BCUT2D eigenvalue weighted by Crippen LogP contribution is -2.52. The molecular formula is C29H33N3O6S2. The summed E-state index contributed by atoms with van der Waals surface area (Å²) < 4.78 is 40.1. The zero-order valence-corrected chi connectivity index (χ0v) is 24.5. The molecule has 1 aliphatic carbocycles. The second-order valence-electron chi connectivity index (χ2n) is 11.2. The topological polar surface area (TPSA) is 108 Å². The summed E-state index contributed by atoms with van der Waals surface area (Å²) in [6, 6.07) is 5.64. The van der Waals surface area contributed by atoms with Crippen molar-refractivity contribution in [2.75, 3.05) is 26.3 Å². The van der Waals surface area contributed by atoms with Gasteiger partial charge in [-0.25, -0.2) is 22.5 Å². The fourth-order valence-electron chi connectivity index (χ4n) is 5.57. The van der Waals surface area contributed by atoms with E-state index in [0.29, 0.717) is 31.9 Å². The van der Waals surface area contributed by atoms with Crippen molar-refractivity contribution in [1.29, 1.82) is 0 Å². The second-order valence-corrected chi connectivity index (χ2v) is 14.3. The van der Waals surface area contributed by atoms with Gasteiger partial charge in [-0.05, 0) is 49.8 Å². The summed E-state index contributed by atoms with van der Waals surface area (Å²) in [4.78, 5) is 30.1. The summed E-state index contributed by atoms with van der Waals surface area (Å²) in [5, 5.41) is 2.51. The van der Waals surface area contributed by atoms with Gasteiger partial charge in [0.2, 0.25) is 10.0 Å². The lowest BCUT2D eigenvalue weighted by atomic mass is 9.86. The Morgan fingerprint density at radius 1 is 1.18 bits per heavy atom. The first-order valence-electron chi connectivity index (χ1n) is 13.8. The molecule has 1 saturated carbocycles. The molecule has 1 atom stereocenters. The number of benzene rings is 1. The number of esters is 1. The summed E-state index contributed by atoms with van der Waals surface area (Å²) in [5.41, 5.74) is 3.22. The number of fused-ring (bicyclic) bond motifs is 3. The maximum Gasteiger partial charge on any atom is 0.343 e. The predicted octanol–water partition coefficient (Wildman–Crippen LogP) is 4.37. The Hall–Kier alpha value is -3.02. The number of aromatic nitrogens is 2. The van der Waals surface area contributed by atoms with Gasteiger partial charge in [0, 0.05) is 54.5 Å². The molecule has 11 heteroatoms. The fourth-order valence-corrected chi connectivity index (χ4v) is 8.22. The van der Waals surface area contributed by atoms with Gasteiger partial charge in [0.15, 0.2) is 5.43 Å². The molecule has 2 fully saturated rings. The third-order valence-corrected chi connectivity index (χ3v) is 11.1. The standard InChI is InChI=1S/C29H33N3O6S2/c1-4-37-29(34)23-15-32-24(17(2)3)9-19-10-27(38-16-18-13-31(14-18)40(35,36)20-5-6-20)22(28-30-7-8-39-28)11-21(19)25(32)12-26(23)33/h7-8,10-12,15,17-18,20,24H,4-6,9,13-14,16H2,1-3H3. The van der Waals surface area contributed by atoms with E-state index in [1.54, 1.807) is 23.6 Å². The third kappa shape index (κ3) is 4.88. The van der Waals surface area contributed by atoms with Crippen LogP contribution in [0.4, 0.5) is 0 Å². The van der Waals surface area contributed by atoms with E-state index >= 15 is 0 Å². The molecular weight excluding hydrogens is 550 g/mol. The molecule has 0 bridgehead atoms. The SMILES string of the molecule is CCOC(=O)c1cn2c(cc1=O)-c1cc(-c3nccs3)c(OCC3CN(S(=O)(=O)C4CC4)C3)cc1CC2C(C)C. The quantitative estimate of drug-likeness (QED) is 0.344. The minimum Gasteiger partial charge on any atom is -0.492 e. The van der Waals surface area contributed by atoms with Crippen molar-refractivity contribution >= 4 is 27.3 Å². The van der Waals surface area contributed by atoms with Gasteiger partial charge in [0.1, 0.15) is 16.3 Å². The van der Waals surface area contributed by atoms with E-state index in [9.17, 15) is 18.0 Å². The monoisotopic (exact) mass is 583 g/mol. The molecule has 2 aliphatic heterocycles. The van der Waals surface area contributed by atoms with Crippen LogP contribution >= 0.6 is 11.3 Å². The molecule has 2 aromatic heterocycles. The Bertz CT molecular complexity index is 1600. The molecule has 6 rings (SSSR count). The molecule has 0 N–H and O–H groups in total. The number of nitrogens with zero attached hydrogens (tertiary/aromatic N) is 3. The zero-order valence-electron chi connectivity index (χ0n) is 22.8. The molecule has 1 saturated heterocycles. The Morgan fingerprint density at radius 2 is 1.95 bits per heavy atom. The summed E-state index contributed by atoms with van der Waals surface area (Å²) in [6.07, 6.45) is 5.63. The summed E-state index contributed by atoms with van der Waals surface area (Å²) >= 11 is 1.50. The van der Waals surface area contributed by atoms with Gasteiger partial charge >= 0.3 is 5.97 Å². The largest absolute Gasteiger partial charge is 0.492 e. The first kappa shape index (κ1) is 27.2. The zero-order chi connectivity index (χ0) is 28.2. The van der Waals surface area contributed by atoms with Crippen LogP contribution in [0, 0.1) is 11.8 Å². The van der Waals surface area contributed by atoms with Crippen LogP contribution in [0.5, 0.6) is 5.75 Å². The number of sulfonamides is 1. The number of thiazole rings is 1. The molecule has 3 aromatic rings. The number of hydrogen-bond donors (Lipinski definition) is 0. The molecule has 1 unspecified atom stereocenters. The number of ether oxygens (including phenoxy) is 2. The number of hydrogen-bond acceptors (Lipinski definition) is 8. The Labute approximate surface area is 237 Å². The summed E-state index contributed by atoms with van der Waals surface area (Å²) in [7, 11) is -3.15. The van der Waals surface area contributed by atoms with Gasteiger partial charge in [0.05, 0.1) is 29.7 Å². The van der Waals surface area contributed by atoms with Crippen LogP contribution < -0.4 is 10.2 Å². The highest BCUT2D eigenvalue weighted by Gasteiger charge is 2.45. The Morgan fingerprint density at radius 3 is 2.60 bits per heavy atom. The Kier molecular flexibility index (Phi) is 7.08. The van der Waals surface area contributed by atoms with Gasteiger partial charge in [-0.15, -0.1) is 11.3 Å². The summed E-state index contributed by atoms with van der Waals surface area (Å²) in [5.74, 6) is 0.473. The normalized spacial score (nSPS) is 19.1. The van der Waals surface area contributed by atoms with E-state index < -0.39 is 16.0 Å². The van der Waals surface area contributed by atoms with Crippen LogP contribution in [-0.4, -0.2) is 59.8 Å². The van der Waals surface area contributed by atoms with Gasteiger partial charge in [0.25, 0.3) is 0 Å². The molecule has 212 valence electrons. The Balaban J connectivity index is 1.34. The van der Waals surface area contributed by atoms with Gasteiger partial charge in [-0.1, -0.05) is 13.8 Å². The first-order valence-corrected chi connectivity index (χ1v) is 16.2. The number of carbonyl (C=O) groups excluding carboxylic acids is 1. The molecule has 0 amide bonds. The molecule has 40 heavy (non-hydrogen) atoms. The van der Waals surface area contributed by atoms with Crippen molar-refractivity contribution in [1.82, 2.24) is 13.9 Å². The molecule has 9 nitrogen and oxygen atoms in total. The van der Waals surface area contributed by atoms with E-state index in [1.807, 2.05) is 22.1 Å². The molecule has 0 radical (unpaired) electrons. The average Bonchev–Trinajstić information content (AvgIpc) is 3.62. The maximum absolute atomic E-state index is 13.0. The van der Waals surface area contributed by atoms with Crippen molar-refractivity contribution < 1.29 is 22.7 Å². The first-order chi connectivity index (χ1) is 19.2. The molecule has 1 aromatic carbocycles. The lowest BCUT2D eigenvalue weighted by molar-refractivity contribution is 0.0523. The van der Waals surface area contributed by atoms with Crippen LogP contribution in [0.3, 0.4) is 0 Å². The van der Waals surface area contributed by atoms with Crippen molar-refractivity contribution in [2.24, 2.45) is 11.8 Å². The molecule has 3 aliphatic rings. The van der Waals surface area contributed by atoms with Crippen LogP contribution in [0.2, 0.25) is 0 Å². The van der Waals surface area contributed by atoms with Crippen LogP contribution in [0.1, 0.15) is 55.6 Å². The van der Waals surface area contributed by atoms with Crippen molar-refractivity contribution in [3.63, 3.8) is 0 Å². The van der Waals surface area contributed by atoms with Gasteiger partial charge in [-0.2, -0.15) is 0 Å². The molecule has 4 heterocycles. The molecule has 0 spiro atoms.